The van der Waals surface area contributed by atoms with Gasteiger partial charge >= 0.3 is 0 Å². The van der Waals surface area contributed by atoms with Crippen molar-refractivity contribution in [2.24, 2.45) is 5.73 Å². The van der Waals surface area contributed by atoms with Crippen molar-refractivity contribution in [3.05, 3.63) is 22.7 Å². The van der Waals surface area contributed by atoms with Gasteiger partial charge in [0.25, 0.3) is 5.91 Å². The summed E-state index contributed by atoms with van der Waals surface area (Å²) in [6.07, 6.45) is 2.16. The van der Waals surface area contributed by atoms with E-state index in [1.165, 1.54) is 0 Å². The molecule has 1 aromatic carbocycles. The first kappa shape index (κ1) is 14.9. The molecule has 1 fully saturated rings. The van der Waals surface area contributed by atoms with Gasteiger partial charge in [-0.25, -0.2) is 0 Å². The number of amides is 1. The van der Waals surface area contributed by atoms with Crippen LogP contribution in [-0.2, 0) is 4.74 Å². The Kier molecular flexibility index (Phi) is 4.73. The lowest BCUT2D eigenvalue weighted by molar-refractivity contribution is 0.0526. The molecule has 0 bridgehead atoms. The largest absolute Gasteiger partial charge is 0.399 e. The Morgan fingerprint density at radius 3 is 2.95 bits per heavy atom. The molecule has 2 rings (SSSR count). The molecule has 6 heteroatoms. The van der Waals surface area contributed by atoms with Crippen LogP contribution in [0.4, 0.5) is 11.4 Å². The summed E-state index contributed by atoms with van der Waals surface area (Å²) in [6.45, 7) is 4.19. The summed E-state index contributed by atoms with van der Waals surface area (Å²) in [5, 5.41) is 0.455. The minimum atomic E-state index is -0.521. The summed E-state index contributed by atoms with van der Waals surface area (Å²) in [6, 6.07) is 3.22. The predicted octanol–water partition coefficient (Wildman–Crippen LogP) is 2.03. The highest BCUT2D eigenvalue weighted by molar-refractivity contribution is 6.34. The minimum absolute atomic E-state index is 0.156. The van der Waals surface area contributed by atoms with Crippen molar-refractivity contribution in [1.29, 1.82) is 0 Å². The lowest BCUT2D eigenvalue weighted by Gasteiger charge is -2.35. The van der Waals surface area contributed by atoms with Crippen molar-refractivity contribution in [3.63, 3.8) is 0 Å². The Morgan fingerprint density at radius 1 is 1.55 bits per heavy atom. The standard InChI is InChI=1S/C14H20ClN3O2/c1-2-20-10-4-3-5-18(8-10)13-11(14(17)19)6-9(16)7-12(13)15/h6-7,10H,2-5,8,16H2,1H3,(H2,17,19). The average Bonchev–Trinajstić information content (AvgIpc) is 2.38. The summed E-state index contributed by atoms with van der Waals surface area (Å²) >= 11 is 6.27. The molecule has 1 atom stereocenters. The number of hydrogen-bond acceptors (Lipinski definition) is 4. The van der Waals surface area contributed by atoms with E-state index in [0.29, 0.717) is 35.1 Å². The highest BCUT2D eigenvalue weighted by atomic mass is 35.5. The molecule has 0 aromatic heterocycles. The van der Waals surface area contributed by atoms with Gasteiger partial charge in [-0.2, -0.15) is 0 Å². The molecule has 0 saturated carbocycles. The molecule has 110 valence electrons. The molecule has 0 spiro atoms. The number of halogens is 1. The van der Waals surface area contributed by atoms with E-state index in [0.717, 1.165) is 19.4 Å². The van der Waals surface area contributed by atoms with Gasteiger partial charge in [-0.1, -0.05) is 11.6 Å². The van der Waals surface area contributed by atoms with Gasteiger partial charge in [-0.05, 0) is 31.9 Å². The Morgan fingerprint density at radius 2 is 2.30 bits per heavy atom. The van der Waals surface area contributed by atoms with E-state index in [9.17, 15) is 4.79 Å². The first-order valence-electron chi connectivity index (χ1n) is 6.78. The number of rotatable bonds is 4. The summed E-state index contributed by atoms with van der Waals surface area (Å²) in [4.78, 5) is 13.7. The number of ether oxygens (including phenoxy) is 1. The van der Waals surface area contributed by atoms with Gasteiger partial charge in [-0.3, -0.25) is 4.79 Å². The molecule has 4 N–H and O–H groups in total. The zero-order valence-corrected chi connectivity index (χ0v) is 12.3. The van der Waals surface area contributed by atoms with Crippen LogP contribution < -0.4 is 16.4 Å². The normalized spacial score (nSPS) is 19.1. The summed E-state index contributed by atoms with van der Waals surface area (Å²) < 4.78 is 5.67. The number of carbonyl (C=O) groups is 1. The molecular weight excluding hydrogens is 278 g/mol. The molecule has 5 nitrogen and oxygen atoms in total. The number of hydrogen-bond donors (Lipinski definition) is 2. The van der Waals surface area contributed by atoms with Crippen molar-refractivity contribution in [2.45, 2.75) is 25.9 Å². The molecule has 1 unspecified atom stereocenters. The molecule has 1 aromatic rings. The smallest absolute Gasteiger partial charge is 0.250 e. The number of carbonyl (C=O) groups excluding carboxylic acids is 1. The number of benzene rings is 1. The second-order valence-electron chi connectivity index (χ2n) is 4.93. The topological polar surface area (TPSA) is 81.6 Å². The summed E-state index contributed by atoms with van der Waals surface area (Å²) in [5.41, 5.74) is 12.6. The quantitative estimate of drug-likeness (QED) is 0.833. The van der Waals surface area contributed by atoms with Crippen molar-refractivity contribution in [2.75, 3.05) is 30.3 Å². The van der Waals surface area contributed by atoms with Crippen molar-refractivity contribution in [3.8, 4) is 0 Å². The van der Waals surface area contributed by atoms with Crippen LogP contribution >= 0.6 is 11.6 Å². The Bertz CT molecular complexity index is 505. The van der Waals surface area contributed by atoms with Crippen LogP contribution in [0.25, 0.3) is 0 Å². The van der Waals surface area contributed by atoms with Gasteiger partial charge in [0.15, 0.2) is 0 Å². The van der Waals surface area contributed by atoms with Crippen molar-refractivity contribution < 1.29 is 9.53 Å². The third-order valence-electron chi connectivity index (χ3n) is 3.45. The predicted molar refractivity (Wildman–Crippen MR) is 81.2 cm³/mol. The van der Waals surface area contributed by atoms with E-state index < -0.39 is 5.91 Å². The Balaban J connectivity index is 2.33. The van der Waals surface area contributed by atoms with Gasteiger partial charge in [0.05, 0.1) is 22.4 Å². The van der Waals surface area contributed by atoms with E-state index in [-0.39, 0.29) is 6.10 Å². The maximum atomic E-state index is 11.6. The Hall–Kier alpha value is -1.46. The van der Waals surface area contributed by atoms with E-state index in [4.69, 9.17) is 27.8 Å². The van der Waals surface area contributed by atoms with E-state index >= 15 is 0 Å². The van der Waals surface area contributed by atoms with Crippen LogP contribution in [0.2, 0.25) is 5.02 Å². The SMILES string of the molecule is CCOC1CCCN(c2c(Cl)cc(N)cc2C(N)=O)C1. The summed E-state index contributed by atoms with van der Waals surface area (Å²) in [5.74, 6) is -0.521. The van der Waals surface area contributed by atoms with Crippen molar-refractivity contribution in [1.82, 2.24) is 0 Å². The number of nitrogens with two attached hydrogens (primary N) is 2. The fourth-order valence-corrected chi connectivity index (χ4v) is 2.99. The molecule has 1 aliphatic rings. The number of nitrogen functional groups attached to an aromatic ring is 1. The fourth-order valence-electron chi connectivity index (χ4n) is 2.64. The molecule has 1 amide bonds. The second-order valence-corrected chi connectivity index (χ2v) is 5.34. The van der Waals surface area contributed by atoms with E-state index in [2.05, 4.69) is 4.90 Å². The molecule has 0 aliphatic carbocycles. The van der Waals surface area contributed by atoms with Crippen LogP contribution in [0.15, 0.2) is 12.1 Å². The van der Waals surface area contributed by atoms with Crippen LogP contribution in [0.5, 0.6) is 0 Å². The van der Waals surface area contributed by atoms with Gasteiger partial charge in [0.1, 0.15) is 0 Å². The van der Waals surface area contributed by atoms with Crippen molar-refractivity contribution >= 4 is 28.9 Å². The van der Waals surface area contributed by atoms with Crippen LogP contribution in [0, 0.1) is 0 Å². The molecule has 1 aliphatic heterocycles. The maximum Gasteiger partial charge on any atom is 0.250 e. The van der Waals surface area contributed by atoms with Gasteiger partial charge < -0.3 is 21.1 Å². The molecule has 20 heavy (non-hydrogen) atoms. The number of piperidine rings is 1. The molecule has 0 radical (unpaired) electrons. The highest BCUT2D eigenvalue weighted by Gasteiger charge is 2.25. The average molecular weight is 298 g/mol. The lowest BCUT2D eigenvalue weighted by atomic mass is 10.0. The zero-order chi connectivity index (χ0) is 14.7. The molecule has 1 saturated heterocycles. The number of anilines is 2. The zero-order valence-electron chi connectivity index (χ0n) is 11.6. The van der Waals surface area contributed by atoms with Crippen LogP contribution in [0.1, 0.15) is 30.1 Å². The highest BCUT2D eigenvalue weighted by Crippen LogP contribution is 2.34. The first-order chi connectivity index (χ1) is 9.52. The van der Waals surface area contributed by atoms with Crippen LogP contribution in [-0.4, -0.2) is 31.7 Å². The van der Waals surface area contributed by atoms with Gasteiger partial charge in [-0.15, -0.1) is 0 Å². The van der Waals surface area contributed by atoms with Gasteiger partial charge in [0, 0.05) is 25.4 Å². The van der Waals surface area contributed by atoms with E-state index in [1.807, 2.05) is 6.92 Å². The third-order valence-corrected chi connectivity index (χ3v) is 3.74. The molecule has 1 heterocycles. The monoisotopic (exact) mass is 297 g/mol. The second kappa shape index (κ2) is 6.33. The van der Waals surface area contributed by atoms with E-state index in [1.54, 1.807) is 12.1 Å². The molecular formula is C14H20ClN3O2. The summed E-state index contributed by atoms with van der Waals surface area (Å²) in [7, 11) is 0. The maximum absolute atomic E-state index is 11.6. The van der Waals surface area contributed by atoms with Crippen LogP contribution in [0.3, 0.4) is 0 Å². The lowest BCUT2D eigenvalue weighted by Crippen LogP contribution is -2.40. The number of nitrogens with zero attached hydrogens (tertiary/aromatic N) is 1. The third kappa shape index (κ3) is 3.16. The Labute approximate surface area is 123 Å². The minimum Gasteiger partial charge on any atom is -0.399 e. The fraction of sp³-hybridized carbons (Fsp3) is 0.500. The van der Waals surface area contributed by atoms with Gasteiger partial charge in [0.2, 0.25) is 0 Å². The first-order valence-corrected chi connectivity index (χ1v) is 7.16. The number of primary amides is 1.